The topological polar surface area (TPSA) is 31.6 Å². The molecule has 6 rings (SSSR count). The molecule has 0 amide bonds. The molecule has 0 spiro atoms. The van der Waals surface area contributed by atoms with Gasteiger partial charge in [-0.2, -0.15) is 0 Å². The largest absolute Gasteiger partial charge is 0.498 e. The predicted molar refractivity (Wildman–Crippen MR) is 140 cm³/mol. The number of rotatable bonds is 3. The fraction of sp³-hybridized carbons (Fsp3) is 0.200. The summed E-state index contributed by atoms with van der Waals surface area (Å²) in [5.41, 5.74) is 4.34. The monoisotopic (exact) mass is 446 g/mol. The minimum absolute atomic E-state index is 0.418. The van der Waals surface area contributed by atoms with Gasteiger partial charge in [-0.25, -0.2) is 0 Å². The Bertz CT molecular complexity index is 1480. The normalized spacial score (nSPS) is 17.0. The second-order valence-corrected chi connectivity index (χ2v) is 10.1. The summed E-state index contributed by atoms with van der Waals surface area (Å²) in [6.45, 7) is 8.31. The molecule has 0 bridgehead atoms. The van der Waals surface area contributed by atoms with Crippen molar-refractivity contribution in [3.05, 3.63) is 91.0 Å². The first-order valence-corrected chi connectivity index (χ1v) is 11.8. The first-order valence-electron chi connectivity index (χ1n) is 11.8. The lowest BCUT2D eigenvalue weighted by molar-refractivity contribution is 0.00578. The molecular weight excluding hydrogens is 419 g/mol. The van der Waals surface area contributed by atoms with Crippen LogP contribution in [-0.2, 0) is 9.31 Å². The van der Waals surface area contributed by atoms with Crippen molar-refractivity contribution in [2.24, 2.45) is 0 Å². The smallest absolute Gasteiger partial charge is 0.456 e. The standard InChI is InChI=1S/C30H27BO3/c1-29(2)30(3,4)34-31(33-29)26-18-23-12-8-9-13-24(23)25-19-27(32-28(25)26)22-16-14-21(15-17-22)20-10-6-5-7-11-20/h5-19H,1-4H3. The third-order valence-corrected chi connectivity index (χ3v) is 7.34. The van der Waals surface area contributed by atoms with Crippen LogP contribution in [0.5, 0.6) is 0 Å². The summed E-state index contributed by atoms with van der Waals surface area (Å²) in [5, 5.41) is 3.38. The predicted octanol–water partition coefficient (Wildman–Crippen LogP) is 7.22. The van der Waals surface area contributed by atoms with Crippen LogP contribution in [0.25, 0.3) is 44.2 Å². The molecule has 0 N–H and O–H groups in total. The molecule has 3 nitrogen and oxygen atoms in total. The van der Waals surface area contributed by atoms with Crippen molar-refractivity contribution >= 4 is 34.3 Å². The van der Waals surface area contributed by atoms with Crippen LogP contribution in [0.15, 0.2) is 95.4 Å². The SMILES string of the molecule is CC1(C)OB(c2cc3ccccc3c3cc(-c4ccc(-c5ccccc5)cc4)oc23)OC1(C)C. The van der Waals surface area contributed by atoms with E-state index in [4.69, 9.17) is 13.7 Å². The van der Waals surface area contributed by atoms with Gasteiger partial charge in [-0.05, 0) is 55.7 Å². The van der Waals surface area contributed by atoms with Crippen LogP contribution >= 0.6 is 0 Å². The molecule has 168 valence electrons. The van der Waals surface area contributed by atoms with Gasteiger partial charge in [0.15, 0.2) is 0 Å². The lowest BCUT2D eigenvalue weighted by atomic mass is 9.77. The minimum atomic E-state index is -0.489. The number of fused-ring (bicyclic) bond motifs is 3. The molecule has 0 radical (unpaired) electrons. The van der Waals surface area contributed by atoms with Gasteiger partial charge < -0.3 is 13.7 Å². The van der Waals surface area contributed by atoms with E-state index in [0.29, 0.717) is 0 Å². The summed E-state index contributed by atoms with van der Waals surface area (Å²) in [7, 11) is -0.489. The molecule has 0 aliphatic carbocycles. The Morgan fingerprint density at radius 2 is 1.18 bits per heavy atom. The van der Waals surface area contributed by atoms with Crippen molar-refractivity contribution in [3.8, 4) is 22.5 Å². The fourth-order valence-electron chi connectivity index (χ4n) is 4.65. The number of furan rings is 1. The molecule has 1 aliphatic rings. The van der Waals surface area contributed by atoms with Crippen LogP contribution in [0, 0.1) is 0 Å². The van der Waals surface area contributed by atoms with Crippen molar-refractivity contribution in [2.75, 3.05) is 0 Å². The third kappa shape index (κ3) is 3.37. The molecule has 0 atom stereocenters. The van der Waals surface area contributed by atoms with Crippen LogP contribution in [0.3, 0.4) is 0 Å². The van der Waals surface area contributed by atoms with Gasteiger partial charge in [0.2, 0.25) is 0 Å². The molecule has 0 unspecified atom stereocenters. The van der Waals surface area contributed by atoms with Crippen molar-refractivity contribution in [2.45, 2.75) is 38.9 Å². The van der Waals surface area contributed by atoms with Crippen molar-refractivity contribution < 1.29 is 13.7 Å². The van der Waals surface area contributed by atoms with Crippen LogP contribution in [-0.4, -0.2) is 18.3 Å². The van der Waals surface area contributed by atoms with Gasteiger partial charge in [0.1, 0.15) is 11.3 Å². The zero-order valence-corrected chi connectivity index (χ0v) is 20.0. The Balaban J connectivity index is 1.48. The average molecular weight is 446 g/mol. The molecule has 1 aromatic heterocycles. The first kappa shape index (κ1) is 21.2. The summed E-state index contributed by atoms with van der Waals surface area (Å²) in [4.78, 5) is 0. The summed E-state index contributed by atoms with van der Waals surface area (Å²) < 4.78 is 19.3. The summed E-state index contributed by atoms with van der Waals surface area (Å²) >= 11 is 0. The highest BCUT2D eigenvalue weighted by molar-refractivity contribution is 6.65. The van der Waals surface area contributed by atoms with Gasteiger partial charge in [-0.15, -0.1) is 0 Å². The van der Waals surface area contributed by atoms with Crippen LogP contribution in [0.2, 0.25) is 0 Å². The Kier molecular flexibility index (Phi) is 4.74. The highest BCUT2D eigenvalue weighted by atomic mass is 16.7. The number of hydrogen-bond acceptors (Lipinski definition) is 3. The number of benzene rings is 4. The van der Waals surface area contributed by atoms with Gasteiger partial charge in [-0.1, -0.05) is 84.9 Å². The molecule has 4 aromatic carbocycles. The molecule has 34 heavy (non-hydrogen) atoms. The van der Waals surface area contributed by atoms with E-state index in [1.165, 1.54) is 11.1 Å². The van der Waals surface area contributed by atoms with Gasteiger partial charge >= 0.3 is 7.12 Å². The lowest BCUT2D eigenvalue weighted by Crippen LogP contribution is -2.41. The van der Waals surface area contributed by atoms with E-state index in [1.54, 1.807) is 0 Å². The second-order valence-electron chi connectivity index (χ2n) is 10.1. The zero-order valence-electron chi connectivity index (χ0n) is 20.0. The Morgan fingerprint density at radius 3 is 1.88 bits per heavy atom. The zero-order chi connectivity index (χ0) is 23.5. The average Bonchev–Trinajstić information content (AvgIpc) is 3.38. The maximum atomic E-state index is 6.53. The summed E-state index contributed by atoms with van der Waals surface area (Å²) in [6.07, 6.45) is 0. The molecule has 2 heterocycles. The maximum Gasteiger partial charge on any atom is 0.498 e. The summed E-state index contributed by atoms with van der Waals surface area (Å²) in [6, 6.07) is 31.6. The van der Waals surface area contributed by atoms with E-state index < -0.39 is 18.3 Å². The summed E-state index contributed by atoms with van der Waals surface area (Å²) in [5.74, 6) is 0.837. The lowest BCUT2D eigenvalue weighted by Gasteiger charge is -2.32. The molecule has 4 heteroatoms. The van der Waals surface area contributed by atoms with Crippen LogP contribution in [0.4, 0.5) is 0 Å². The van der Waals surface area contributed by atoms with E-state index >= 15 is 0 Å². The molecular formula is C30H27BO3. The second kappa shape index (κ2) is 7.59. The highest BCUT2D eigenvalue weighted by Crippen LogP contribution is 2.39. The molecule has 1 saturated heterocycles. The Labute approximate surface area is 200 Å². The maximum absolute atomic E-state index is 6.53. The van der Waals surface area contributed by atoms with Crippen LogP contribution in [0.1, 0.15) is 27.7 Å². The Hall–Kier alpha value is -3.34. The molecule has 1 fully saturated rings. The van der Waals surface area contributed by atoms with Gasteiger partial charge in [-0.3, -0.25) is 0 Å². The quantitative estimate of drug-likeness (QED) is 0.274. The molecule has 1 aliphatic heterocycles. The van der Waals surface area contributed by atoms with E-state index in [-0.39, 0.29) is 0 Å². The van der Waals surface area contributed by atoms with Crippen molar-refractivity contribution in [1.82, 2.24) is 0 Å². The first-order chi connectivity index (χ1) is 16.3. The van der Waals surface area contributed by atoms with E-state index in [9.17, 15) is 0 Å². The molecule has 5 aromatic rings. The van der Waals surface area contributed by atoms with Crippen molar-refractivity contribution in [1.29, 1.82) is 0 Å². The fourth-order valence-corrected chi connectivity index (χ4v) is 4.65. The third-order valence-electron chi connectivity index (χ3n) is 7.34. The van der Waals surface area contributed by atoms with E-state index in [0.717, 1.165) is 38.5 Å². The number of hydrogen-bond donors (Lipinski definition) is 0. The van der Waals surface area contributed by atoms with Gasteiger partial charge in [0.05, 0.1) is 11.2 Å². The van der Waals surface area contributed by atoms with E-state index in [1.807, 2.05) is 6.07 Å². The molecule has 0 saturated carbocycles. The van der Waals surface area contributed by atoms with Gasteiger partial charge in [0.25, 0.3) is 0 Å². The van der Waals surface area contributed by atoms with E-state index in [2.05, 4.69) is 113 Å². The minimum Gasteiger partial charge on any atom is -0.456 e. The van der Waals surface area contributed by atoms with Gasteiger partial charge in [0, 0.05) is 16.4 Å². The van der Waals surface area contributed by atoms with Crippen LogP contribution < -0.4 is 5.46 Å². The van der Waals surface area contributed by atoms with Crippen molar-refractivity contribution in [3.63, 3.8) is 0 Å². The Morgan fingerprint density at radius 1 is 0.588 bits per heavy atom. The highest BCUT2D eigenvalue weighted by Gasteiger charge is 2.52.